The van der Waals surface area contributed by atoms with Crippen LogP contribution < -0.4 is 4.74 Å². The molecule has 0 N–H and O–H groups in total. The molecule has 1 aromatic rings. The molecule has 0 heterocycles. The van der Waals surface area contributed by atoms with Gasteiger partial charge < -0.3 is 4.74 Å². The zero-order chi connectivity index (χ0) is 13.5. The molecule has 0 aromatic heterocycles. The summed E-state index contributed by atoms with van der Waals surface area (Å²) in [4.78, 5) is 11.1. The first-order chi connectivity index (χ1) is 7.92. The molecule has 0 bridgehead atoms. The van der Waals surface area contributed by atoms with Gasteiger partial charge in [-0.05, 0) is 24.3 Å². The molecule has 0 saturated heterocycles. The van der Waals surface area contributed by atoms with Crippen molar-refractivity contribution in [1.29, 1.82) is 0 Å². The van der Waals surface area contributed by atoms with Gasteiger partial charge in [-0.2, -0.15) is 0 Å². The Morgan fingerprint density at radius 2 is 1.71 bits per heavy atom. The third-order valence-electron chi connectivity index (χ3n) is 1.53. The van der Waals surface area contributed by atoms with E-state index in [1.54, 1.807) is 0 Å². The van der Waals surface area contributed by atoms with Crippen LogP contribution in [0.5, 0.6) is 5.75 Å². The van der Waals surface area contributed by atoms with Crippen LogP contribution >= 0.6 is 15.9 Å². The minimum atomic E-state index is -4.71. The average Bonchev–Trinajstić information content (AvgIpc) is 2.29. The Balaban J connectivity index is 0.00000121. The number of benzene rings is 1. The normalized spacial score (nSPS) is 10.2. The summed E-state index contributed by atoms with van der Waals surface area (Å²) in [5.74, 6) is -0.540. The summed E-state index contributed by atoms with van der Waals surface area (Å²) in [6.45, 7) is 4.00. The molecule has 2 nitrogen and oxygen atoms in total. The van der Waals surface area contributed by atoms with Crippen molar-refractivity contribution in [3.05, 3.63) is 29.8 Å². The largest absolute Gasteiger partial charge is 0.573 e. The molecule has 6 heteroatoms. The molecule has 0 aliphatic rings. The Labute approximate surface area is 106 Å². The molecule has 0 amide bonds. The lowest BCUT2D eigenvalue weighted by Crippen LogP contribution is -2.17. The zero-order valence-electron chi connectivity index (χ0n) is 9.34. The van der Waals surface area contributed by atoms with Crippen molar-refractivity contribution in [2.24, 2.45) is 0 Å². The number of halogens is 4. The molecule has 0 spiro atoms. The van der Waals surface area contributed by atoms with E-state index in [2.05, 4.69) is 20.7 Å². The molecule has 96 valence electrons. The highest BCUT2D eigenvalue weighted by molar-refractivity contribution is 9.09. The quantitative estimate of drug-likeness (QED) is 0.618. The van der Waals surface area contributed by atoms with Gasteiger partial charge in [0.2, 0.25) is 0 Å². The fourth-order valence-corrected chi connectivity index (χ4v) is 1.24. The van der Waals surface area contributed by atoms with E-state index in [0.717, 1.165) is 12.1 Å². The number of ether oxygens (including phenoxy) is 1. The van der Waals surface area contributed by atoms with E-state index in [4.69, 9.17) is 0 Å². The van der Waals surface area contributed by atoms with Crippen LogP contribution in [-0.4, -0.2) is 17.5 Å². The van der Waals surface area contributed by atoms with Gasteiger partial charge >= 0.3 is 6.36 Å². The number of carbonyl (C=O) groups excluding carboxylic acids is 1. The minimum Gasteiger partial charge on any atom is -0.406 e. The van der Waals surface area contributed by atoms with Gasteiger partial charge in [-0.3, -0.25) is 4.79 Å². The lowest BCUT2D eigenvalue weighted by molar-refractivity contribution is -0.274. The lowest BCUT2D eigenvalue weighted by Gasteiger charge is -2.08. The Kier molecular flexibility index (Phi) is 6.87. The van der Waals surface area contributed by atoms with Gasteiger partial charge in [-0.25, -0.2) is 0 Å². The first kappa shape index (κ1) is 16.0. The van der Waals surface area contributed by atoms with Gasteiger partial charge in [0, 0.05) is 5.56 Å². The highest BCUT2D eigenvalue weighted by Crippen LogP contribution is 2.22. The monoisotopic (exact) mass is 312 g/mol. The summed E-state index contributed by atoms with van der Waals surface area (Å²) in [7, 11) is 0. The number of hydrogen-bond acceptors (Lipinski definition) is 2. The van der Waals surface area contributed by atoms with Crippen LogP contribution in [0.3, 0.4) is 0 Å². The predicted molar refractivity (Wildman–Crippen MR) is 62.6 cm³/mol. The smallest absolute Gasteiger partial charge is 0.406 e. The Hall–Kier alpha value is -1.04. The molecule has 0 aliphatic heterocycles. The zero-order valence-corrected chi connectivity index (χ0v) is 10.9. The second-order valence-corrected chi connectivity index (χ2v) is 3.19. The fraction of sp³-hybridized carbons (Fsp3) is 0.364. The van der Waals surface area contributed by atoms with E-state index >= 15 is 0 Å². The van der Waals surface area contributed by atoms with Crippen LogP contribution in [0, 0.1) is 0 Å². The van der Waals surface area contributed by atoms with Gasteiger partial charge in [0.15, 0.2) is 5.78 Å². The summed E-state index contributed by atoms with van der Waals surface area (Å²) in [5, 5.41) is 0.131. The summed E-state index contributed by atoms with van der Waals surface area (Å²) < 4.78 is 39.0. The standard InChI is InChI=1S/C9H6BrF3O2.C2H6/c10-5-8(14)6-1-3-7(4-2-6)15-9(11,12)13;1-2/h1-4H,5H2;1-2H3. The third-order valence-corrected chi connectivity index (χ3v) is 2.04. The maximum Gasteiger partial charge on any atom is 0.573 e. The fourth-order valence-electron chi connectivity index (χ4n) is 0.920. The van der Waals surface area contributed by atoms with E-state index in [9.17, 15) is 18.0 Å². The van der Waals surface area contributed by atoms with Crippen molar-refractivity contribution in [3.63, 3.8) is 0 Å². The topological polar surface area (TPSA) is 26.3 Å². The van der Waals surface area contributed by atoms with Crippen molar-refractivity contribution >= 4 is 21.7 Å². The van der Waals surface area contributed by atoms with E-state index in [-0.39, 0.29) is 16.9 Å². The number of Topliss-reactive ketones (excluding diaryl/α,β-unsaturated/α-hetero) is 1. The van der Waals surface area contributed by atoms with Crippen LogP contribution in [0.2, 0.25) is 0 Å². The van der Waals surface area contributed by atoms with E-state index in [0.29, 0.717) is 5.56 Å². The molecule has 1 rings (SSSR count). The van der Waals surface area contributed by atoms with Gasteiger partial charge in [-0.15, -0.1) is 13.2 Å². The first-order valence-electron chi connectivity index (χ1n) is 4.87. The van der Waals surface area contributed by atoms with Gasteiger partial charge in [0.25, 0.3) is 0 Å². The van der Waals surface area contributed by atoms with Crippen molar-refractivity contribution < 1.29 is 22.7 Å². The highest BCUT2D eigenvalue weighted by Gasteiger charge is 2.30. The van der Waals surface area contributed by atoms with E-state index < -0.39 is 6.36 Å². The van der Waals surface area contributed by atoms with Crippen molar-refractivity contribution in [3.8, 4) is 5.75 Å². The number of hydrogen-bond donors (Lipinski definition) is 0. The molecule has 0 radical (unpaired) electrons. The molecular weight excluding hydrogens is 301 g/mol. The second kappa shape index (κ2) is 7.32. The number of alkyl halides is 4. The second-order valence-electron chi connectivity index (χ2n) is 2.63. The van der Waals surface area contributed by atoms with Gasteiger partial charge in [0.1, 0.15) is 5.75 Å². The van der Waals surface area contributed by atoms with Crippen molar-refractivity contribution in [1.82, 2.24) is 0 Å². The molecule has 0 fully saturated rings. The number of ketones is 1. The molecule has 1 aromatic carbocycles. The first-order valence-corrected chi connectivity index (χ1v) is 5.99. The third kappa shape index (κ3) is 6.31. The van der Waals surface area contributed by atoms with Crippen molar-refractivity contribution in [2.75, 3.05) is 5.33 Å². The maximum absolute atomic E-state index is 11.8. The van der Waals surface area contributed by atoms with Crippen LogP contribution in [0.1, 0.15) is 24.2 Å². The van der Waals surface area contributed by atoms with Crippen LogP contribution in [0.15, 0.2) is 24.3 Å². The van der Waals surface area contributed by atoms with Crippen LogP contribution in [0.25, 0.3) is 0 Å². The number of rotatable bonds is 3. The van der Waals surface area contributed by atoms with Crippen molar-refractivity contribution in [2.45, 2.75) is 20.2 Å². The molecular formula is C11H12BrF3O2. The Bertz CT molecular complexity index is 347. The molecule has 17 heavy (non-hydrogen) atoms. The molecule has 0 unspecified atom stereocenters. The molecule has 0 atom stereocenters. The average molecular weight is 313 g/mol. The van der Waals surface area contributed by atoms with Gasteiger partial charge in [-0.1, -0.05) is 29.8 Å². The lowest BCUT2D eigenvalue weighted by atomic mass is 10.1. The molecule has 0 saturated carbocycles. The van der Waals surface area contributed by atoms with E-state index in [1.165, 1.54) is 12.1 Å². The van der Waals surface area contributed by atoms with E-state index in [1.807, 2.05) is 13.8 Å². The van der Waals surface area contributed by atoms with Crippen LogP contribution in [-0.2, 0) is 0 Å². The maximum atomic E-state index is 11.8. The van der Waals surface area contributed by atoms with Gasteiger partial charge in [0.05, 0.1) is 5.33 Å². The highest BCUT2D eigenvalue weighted by atomic mass is 79.9. The summed E-state index contributed by atoms with van der Waals surface area (Å²) >= 11 is 2.96. The molecule has 0 aliphatic carbocycles. The predicted octanol–water partition coefficient (Wildman–Crippen LogP) is 4.19. The summed E-state index contributed by atoms with van der Waals surface area (Å²) in [5.41, 5.74) is 0.335. The Morgan fingerprint density at radius 1 is 1.24 bits per heavy atom. The number of carbonyl (C=O) groups is 1. The Morgan fingerprint density at radius 3 is 2.06 bits per heavy atom. The minimum absolute atomic E-state index is 0.131. The summed E-state index contributed by atoms with van der Waals surface area (Å²) in [6.07, 6.45) is -4.71. The van der Waals surface area contributed by atoms with Crippen LogP contribution in [0.4, 0.5) is 13.2 Å². The summed E-state index contributed by atoms with van der Waals surface area (Å²) in [6, 6.07) is 4.77. The SMILES string of the molecule is CC.O=C(CBr)c1ccc(OC(F)(F)F)cc1.